The quantitative estimate of drug-likeness (QED) is 0.0867. The number of hydrogen-bond acceptors (Lipinski definition) is 21. The van der Waals surface area contributed by atoms with E-state index in [1.807, 2.05) is 0 Å². The van der Waals surface area contributed by atoms with Crippen molar-refractivity contribution < 1.29 is 105 Å². The molecule has 17 atom stereocenters. The van der Waals surface area contributed by atoms with E-state index in [4.69, 9.17) is 33.2 Å². The van der Waals surface area contributed by atoms with Gasteiger partial charge in [-0.2, -0.15) is 0 Å². The average molecular weight is 667 g/mol. The zero-order valence-electron chi connectivity index (χ0n) is 23.7. The van der Waals surface area contributed by atoms with Crippen molar-refractivity contribution in [2.75, 3.05) is 46.2 Å². The first-order chi connectivity index (χ1) is 21.2. The minimum atomic E-state index is -2.67. The number of aliphatic hydroxyl groups is 14. The first kappa shape index (κ1) is 37.0. The molecule has 14 N–H and O–H groups in total. The van der Waals surface area contributed by atoms with Crippen LogP contribution in [-0.4, -0.2) is 221 Å². The van der Waals surface area contributed by atoms with Crippen molar-refractivity contribution in [3.8, 4) is 0 Å². The molecule has 4 aliphatic heterocycles. The third-order valence-electron chi connectivity index (χ3n) is 8.48. The summed E-state index contributed by atoms with van der Waals surface area (Å²) in [4.78, 5) is 0. The minimum Gasteiger partial charge on any atom is -0.394 e. The summed E-state index contributed by atoms with van der Waals surface area (Å²) in [5, 5.41) is 143. The van der Waals surface area contributed by atoms with Crippen LogP contribution in [0.5, 0.6) is 0 Å². The molecule has 0 spiro atoms. The lowest BCUT2D eigenvalue weighted by Gasteiger charge is -2.44. The fourth-order valence-electron chi connectivity index (χ4n) is 5.65. The first-order valence-corrected chi connectivity index (χ1v) is 14.0. The minimum absolute atomic E-state index is 0.809. The topological polar surface area (TPSA) is 348 Å². The van der Waals surface area contributed by atoms with Gasteiger partial charge in [0, 0.05) is 0 Å². The molecule has 7 unspecified atom stereocenters. The van der Waals surface area contributed by atoms with Crippen LogP contribution < -0.4 is 0 Å². The van der Waals surface area contributed by atoms with Gasteiger partial charge in [0.2, 0.25) is 17.4 Å². The van der Waals surface area contributed by atoms with E-state index in [1.165, 1.54) is 0 Å². The first-order valence-electron chi connectivity index (χ1n) is 14.0. The molecule has 45 heavy (non-hydrogen) atoms. The average Bonchev–Trinajstić information content (AvgIpc) is 3.55. The van der Waals surface area contributed by atoms with Gasteiger partial charge in [-0.15, -0.1) is 0 Å². The number of ether oxygens (including phenoxy) is 7. The smallest absolute Gasteiger partial charge is 0.224 e. The molecule has 264 valence electrons. The van der Waals surface area contributed by atoms with E-state index in [2.05, 4.69) is 0 Å². The Kier molecular flexibility index (Phi) is 11.8. The van der Waals surface area contributed by atoms with E-state index in [9.17, 15) is 71.5 Å². The molecule has 0 aliphatic carbocycles. The maximum atomic E-state index is 11.0. The lowest BCUT2D eigenvalue weighted by atomic mass is 9.99. The molecule has 4 rings (SSSR count). The molecular formula is C24H42O21. The van der Waals surface area contributed by atoms with Crippen LogP contribution in [0.4, 0.5) is 0 Å². The number of aliphatic hydroxyl groups excluding tert-OH is 14. The molecule has 4 saturated heterocycles. The Labute approximate surface area is 254 Å². The molecule has 0 saturated carbocycles. The second-order valence-electron chi connectivity index (χ2n) is 11.3. The predicted molar refractivity (Wildman–Crippen MR) is 134 cm³/mol. The van der Waals surface area contributed by atoms with Crippen molar-refractivity contribution in [2.24, 2.45) is 0 Å². The SMILES string of the molecule is OCC1O[C@@H](O[C@]2(COC3(COC4(CO)O[C@H](CO)[C@H](O)C4O)O[C@H](CO)[C@H](O)C3O)O[C@H](CO)[C@H](O)C2O)C(O)[C@@H](O)[C@@H]1O. The summed E-state index contributed by atoms with van der Waals surface area (Å²) in [6.07, 6.45) is -25.6. The van der Waals surface area contributed by atoms with Gasteiger partial charge in [-0.25, -0.2) is 0 Å². The predicted octanol–water partition coefficient (Wildman–Crippen LogP) is -9.74. The summed E-state index contributed by atoms with van der Waals surface area (Å²) >= 11 is 0. The Bertz CT molecular complexity index is 962. The molecule has 21 nitrogen and oxygen atoms in total. The Balaban J connectivity index is 1.65. The molecular weight excluding hydrogens is 624 g/mol. The van der Waals surface area contributed by atoms with Crippen molar-refractivity contribution >= 4 is 0 Å². The van der Waals surface area contributed by atoms with Crippen LogP contribution in [0.3, 0.4) is 0 Å². The maximum Gasteiger partial charge on any atom is 0.224 e. The maximum absolute atomic E-state index is 11.0. The highest BCUT2D eigenvalue weighted by atomic mass is 16.8. The summed E-state index contributed by atoms with van der Waals surface area (Å²) < 4.78 is 38.7. The standard InChI is InChI=1S/C24H42O21/c25-1-8-12(30)16(34)17(35)21(41-8)45-24(20(38)15(33)11(4-28)44-24)7-40-23(19(37)14(32)10(3-27)43-23)6-39-22(5-29)18(36)13(31)9(2-26)42-22/h8-21,25-38H,1-7H2/t8?,9-,10-,11-,12-,13+,14+,15+,16+,17?,18?,19?,20?,21+,22?,23?,24+/m1/s1. The fourth-order valence-corrected chi connectivity index (χ4v) is 5.65. The molecule has 21 heteroatoms. The molecule has 0 aromatic carbocycles. The lowest BCUT2D eigenvalue weighted by molar-refractivity contribution is -0.404. The van der Waals surface area contributed by atoms with Crippen molar-refractivity contribution in [3.63, 3.8) is 0 Å². The van der Waals surface area contributed by atoms with Gasteiger partial charge in [0.25, 0.3) is 0 Å². The second-order valence-corrected chi connectivity index (χ2v) is 11.3. The lowest BCUT2D eigenvalue weighted by Crippen LogP contribution is -2.63. The highest BCUT2D eigenvalue weighted by molar-refractivity contribution is 5.03. The zero-order chi connectivity index (χ0) is 33.5. The molecule has 4 heterocycles. The van der Waals surface area contributed by atoms with E-state index in [0.29, 0.717) is 0 Å². The van der Waals surface area contributed by atoms with Crippen molar-refractivity contribution in [1.29, 1.82) is 0 Å². The van der Waals surface area contributed by atoms with Gasteiger partial charge in [-0.3, -0.25) is 0 Å². The van der Waals surface area contributed by atoms with Gasteiger partial charge in [-0.1, -0.05) is 0 Å². The Morgan fingerprint density at radius 1 is 0.444 bits per heavy atom. The number of rotatable bonds is 13. The van der Waals surface area contributed by atoms with Crippen LogP contribution in [0.1, 0.15) is 0 Å². The Morgan fingerprint density at radius 2 is 0.844 bits per heavy atom. The van der Waals surface area contributed by atoms with E-state index in [-0.39, 0.29) is 0 Å². The molecule has 4 fully saturated rings. The summed E-state index contributed by atoms with van der Waals surface area (Å²) in [6.45, 7) is -6.84. The summed E-state index contributed by atoms with van der Waals surface area (Å²) in [5.74, 6) is -7.73. The molecule has 0 aromatic rings. The van der Waals surface area contributed by atoms with Crippen LogP contribution in [-0.2, 0) is 33.2 Å². The van der Waals surface area contributed by atoms with Crippen molar-refractivity contribution in [2.45, 2.75) is 103 Å². The normalized spacial score (nSPS) is 52.1. The van der Waals surface area contributed by atoms with Crippen LogP contribution in [0.25, 0.3) is 0 Å². The Morgan fingerprint density at radius 3 is 1.31 bits per heavy atom. The highest BCUT2D eigenvalue weighted by Gasteiger charge is 2.64. The van der Waals surface area contributed by atoms with Crippen LogP contribution >= 0.6 is 0 Å². The molecule has 0 bridgehead atoms. The van der Waals surface area contributed by atoms with Gasteiger partial charge < -0.3 is 105 Å². The summed E-state index contributed by atoms with van der Waals surface area (Å²) in [5.41, 5.74) is 0. The van der Waals surface area contributed by atoms with E-state index >= 15 is 0 Å². The fraction of sp³-hybridized carbons (Fsp3) is 1.00. The van der Waals surface area contributed by atoms with Crippen molar-refractivity contribution in [1.82, 2.24) is 0 Å². The molecule has 0 amide bonds. The molecule has 4 aliphatic rings. The van der Waals surface area contributed by atoms with Crippen LogP contribution in [0, 0.1) is 0 Å². The van der Waals surface area contributed by atoms with E-state index in [1.54, 1.807) is 0 Å². The van der Waals surface area contributed by atoms with E-state index in [0.717, 1.165) is 0 Å². The zero-order valence-corrected chi connectivity index (χ0v) is 23.7. The van der Waals surface area contributed by atoms with Crippen LogP contribution in [0.2, 0.25) is 0 Å². The van der Waals surface area contributed by atoms with Gasteiger partial charge in [0.05, 0.1) is 26.4 Å². The molecule has 0 aromatic heterocycles. The largest absolute Gasteiger partial charge is 0.394 e. The third-order valence-corrected chi connectivity index (χ3v) is 8.48. The highest BCUT2D eigenvalue weighted by Crippen LogP contribution is 2.41. The summed E-state index contributed by atoms with van der Waals surface area (Å²) in [7, 11) is 0. The second kappa shape index (κ2) is 14.3. The van der Waals surface area contributed by atoms with Gasteiger partial charge in [0.15, 0.2) is 6.29 Å². The van der Waals surface area contributed by atoms with E-state index < -0.39 is 149 Å². The Hall–Kier alpha value is -0.840. The van der Waals surface area contributed by atoms with Gasteiger partial charge in [-0.05, 0) is 0 Å². The number of hydrogen-bond donors (Lipinski definition) is 14. The monoisotopic (exact) mass is 666 g/mol. The van der Waals surface area contributed by atoms with Crippen LogP contribution in [0.15, 0.2) is 0 Å². The molecule has 0 radical (unpaired) electrons. The van der Waals surface area contributed by atoms with Gasteiger partial charge in [0.1, 0.15) is 99.2 Å². The van der Waals surface area contributed by atoms with Crippen molar-refractivity contribution in [3.05, 3.63) is 0 Å². The summed E-state index contributed by atoms with van der Waals surface area (Å²) in [6, 6.07) is 0. The van der Waals surface area contributed by atoms with Gasteiger partial charge >= 0.3 is 0 Å². The third kappa shape index (κ3) is 6.49.